The van der Waals surface area contributed by atoms with E-state index in [-0.39, 0.29) is 18.4 Å². The quantitative estimate of drug-likeness (QED) is 0.683. The van der Waals surface area contributed by atoms with Gasteiger partial charge in [-0.15, -0.1) is 0 Å². The fourth-order valence-electron chi connectivity index (χ4n) is 5.72. The van der Waals surface area contributed by atoms with Crippen LogP contribution in [0, 0.1) is 5.92 Å². The van der Waals surface area contributed by atoms with Gasteiger partial charge in [-0.2, -0.15) is 0 Å². The molecule has 0 aromatic heterocycles. The molecule has 35 heavy (non-hydrogen) atoms. The molecule has 1 aliphatic carbocycles. The van der Waals surface area contributed by atoms with Crippen molar-refractivity contribution in [2.24, 2.45) is 5.92 Å². The third kappa shape index (κ3) is 4.38. The van der Waals surface area contributed by atoms with Crippen molar-refractivity contribution in [2.45, 2.75) is 50.3 Å². The lowest BCUT2D eigenvalue weighted by atomic mass is 9.89. The van der Waals surface area contributed by atoms with Crippen molar-refractivity contribution in [1.82, 2.24) is 10.2 Å². The van der Waals surface area contributed by atoms with Gasteiger partial charge in [-0.25, -0.2) is 4.79 Å². The summed E-state index contributed by atoms with van der Waals surface area (Å²) in [6.07, 6.45) is 0.239. The van der Waals surface area contributed by atoms with Crippen LogP contribution in [0.5, 0.6) is 0 Å². The van der Waals surface area contributed by atoms with Crippen LogP contribution < -0.4 is 5.32 Å². The van der Waals surface area contributed by atoms with Crippen molar-refractivity contribution in [2.75, 3.05) is 19.8 Å². The number of hydrogen-bond acceptors (Lipinski definition) is 5. The molecule has 3 aliphatic rings. The molecule has 5 rings (SSSR count). The maximum absolute atomic E-state index is 13.2. The Labute approximate surface area is 204 Å². The van der Waals surface area contributed by atoms with Crippen molar-refractivity contribution in [3.05, 3.63) is 59.7 Å². The molecule has 2 aromatic rings. The van der Waals surface area contributed by atoms with Crippen LogP contribution in [0.4, 0.5) is 4.79 Å². The summed E-state index contributed by atoms with van der Waals surface area (Å²) in [5, 5.41) is 12.3. The molecule has 2 N–H and O–H groups in total. The first-order chi connectivity index (χ1) is 17.0. The standard InChI is InChI=1S/C27H30N2O6/c1-16-17(26(31)32)11-6-13-29(16)25(30)24-23(12-14-34-24)28-27(33)35-15-22-20-9-4-2-7-18(20)19-8-3-5-10-21(19)22/h2-5,7-10,16-17,22-24H,6,11-15H2,1H3,(H,28,33)(H,31,32)/t16?,17?,23-,24+/m0/s1. The van der Waals surface area contributed by atoms with Crippen molar-refractivity contribution in [3.63, 3.8) is 0 Å². The molecule has 0 saturated carbocycles. The molecule has 2 unspecified atom stereocenters. The molecule has 184 valence electrons. The maximum atomic E-state index is 13.2. The number of nitrogens with zero attached hydrogens (tertiary/aromatic N) is 1. The van der Waals surface area contributed by atoms with Gasteiger partial charge in [0.25, 0.3) is 5.91 Å². The molecule has 8 heteroatoms. The van der Waals surface area contributed by atoms with Gasteiger partial charge in [0.2, 0.25) is 0 Å². The summed E-state index contributed by atoms with van der Waals surface area (Å²) >= 11 is 0. The number of aliphatic carboxylic acids is 1. The monoisotopic (exact) mass is 478 g/mol. The third-order valence-electron chi connectivity index (χ3n) is 7.57. The lowest BCUT2D eigenvalue weighted by Gasteiger charge is -2.39. The van der Waals surface area contributed by atoms with Gasteiger partial charge in [0, 0.05) is 25.1 Å². The van der Waals surface area contributed by atoms with Gasteiger partial charge in [-0.05, 0) is 48.4 Å². The van der Waals surface area contributed by atoms with E-state index in [1.54, 1.807) is 11.8 Å². The normalized spacial score (nSPS) is 25.6. The highest BCUT2D eigenvalue weighted by Gasteiger charge is 2.43. The number of carboxylic acids is 1. The average Bonchev–Trinajstić information content (AvgIpc) is 3.44. The Balaban J connectivity index is 1.22. The second-order valence-corrected chi connectivity index (χ2v) is 9.52. The molecule has 4 atom stereocenters. The zero-order valence-corrected chi connectivity index (χ0v) is 19.7. The Hall–Kier alpha value is -3.39. The second-order valence-electron chi connectivity index (χ2n) is 9.52. The Kier molecular flexibility index (Phi) is 6.47. The molecule has 2 aliphatic heterocycles. The largest absolute Gasteiger partial charge is 0.481 e. The van der Waals surface area contributed by atoms with E-state index in [2.05, 4.69) is 29.6 Å². The fourth-order valence-corrected chi connectivity index (χ4v) is 5.72. The molecular formula is C27H30N2O6. The fraction of sp³-hybridized carbons (Fsp3) is 0.444. The highest BCUT2D eigenvalue weighted by molar-refractivity contribution is 5.84. The number of rotatable bonds is 5. The average molecular weight is 479 g/mol. The zero-order valence-electron chi connectivity index (χ0n) is 19.7. The molecular weight excluding hydrogens is 448 g/mol. The molecule has 0 spiro atoms. The van der Waals surface area contributed by atoms with Crippen LogP contribution in [0.25, 0.3) is 11.1 Å². The summed E-state index contributed by atoms with van der Waals surface area (Å²) in [6, 6.07) is 15.3. The van der Waals surface area contributed by atoms with E-state index in [9.17, 15) is 19.5 Å². The highest BCUT2D eigenvalue weighted by Crippen LogP contribution is 2.44. The van der Waals surface area contributed by atoms with Crippen molar-refractivity contribution in [1.29, 1.82) is 0 Å². The van der Waals surface area contributed by atoms with Gasteiger partial charge in [-0.3, -0.25) is 9.59 Å². The van der Waals surface area contributed by atoms with Crippen LogP contribution in [0.2, 0.25) is 0 Å². The zero-order chi connectivity index (χ0) is 24.5. The number of fused-ring (bicyclic) bond motifs is 3. The van der Waals surface area contributed by atoms with Gasteiger partial charge in [0.1, 0.15) is 6.61 Å². The number of piperidine rings is 1. The van der Waals surface area contributed by atoms with Gasteiger partial charge in [-0.1, -0.05) is 48.5 Å². The van der Waals surface area contributed by atoms with E-state index in [1.807, 2.05) is 24.3 Å². The Morgan fingerprint density at radius 3 is 2.37 bits per heavy atom. The summed E-state index contributed by atoms with van der Waals surface area (Å²) < 4.78 is 11.3. The van der Waals surface area contributed by atoms with Crippen LogP contribution >= 0.6 is 0 Å². The first-order valence-corrected chi connectivity index (χ1v) is 12.2. The van der Waals surface area contributed by atoms with Crippen LogP contribution in [0.1, 0.15) is 43.2 Å². The smallest absolute Gasteiger partial charge is 0.407 e. The van der Waals surface area contributed by atoms with Gasteiger partial charge in [0.15, 0.2) is 6.10 Å². The number of carbonyl (C=O) groups is 3. The lowest BCUT2D eigenvalue weighted by molar-refractivity contribution is -0.153. The van der Waals surface area contributed by atoms with Gasteiger partial charge < -0.3 is 24.8 Å². The molecule has 2 amide bonds. The minimum atomic E-state index is -0.893. The number of amides is 2. The SMILES string of the molecule is CC1C(C(=O)O)CCCN1C(=O)[C@@H]1OCC[C@@H]1NC(=O)OCC1c2ccccc2-c2ccccc21. The highest BCUT2D eigenvalue weighted by atomic mass is 16.6. The molecule has 8 nitrogen and oxygen atoms in total. The molecule has 2 aromatic carbocycles. The summed E-state index contributed by atoms with van der Waals surface area (Å²) in [5.41, 5.74) is 4.57. The van der Waals surface area contributed by atoms with Crippen molar-refractivity contribution in [3.8, 4) is 11.1 Å². The second kappa shape index (κ2) is 9.70. The van der Waals surface area contributed by atoms with Gasteiger partial charge in [0.05, 0.1) is 12.0 Å². The van der Waals surface area contributed by atoms with E-state index in [0.29, 0.717) is 32.4 Å². The molecule has 2 fully saturated rings. The van der Waals surface area contributed by atoms with Crippen LogP contribution in [0.15, 0.2) is 48.5 Å². The number of carboxylic acid groups (broad SMARTS) is 1. The predicted octanol–water partition coefficient (Wildman–Crippen LogP) is 3.39. The van der Waals surface area contributed by atoms with E-state index in [1.165, 1.54) is 0 Å². The lowest BCUT2D eigenvalue weighted by Crippen LogP contribution is -2.56. The molecule has 2 saturated heterocycles. The first-order valence-electron chi connectivity index (χ1n) is 12.2. The topological polar surface area (TPSA) is 105 Å². The number of benzene rings is 2. The number of ether oxygens (including phenoxy) is 2. The number of likely N-dealkylation sites (tertiary alicyclic amines) is 1. The Morgan fingerprint density at radius 1 is 1.06 bits per heavy atom. The Bertz CT molecular complexity index is 1090. The number of hydrogen-bond donors (Lipinski definition) is 2. The van der Waals surface area contributed by atoms with E-state index >= 15 is 0 Å². The summed E-state index contributed by atoms with van der Waals surface area (Å²) in [4.78, 5) is 39.1. The molecule has 0 radical (unpaired) electrons. The van der Waals surface area contributed by atoms with E-state index in [0.717, 1.165) is 22.3 Å². The van der Waals surface area contributed by atoms with Crippen molar-refractivity contribution >= 4 is 18.0 Å². The summed E-state index contributed by atoms with van der Waals surface area (Å²) in [5.74, 6) is -1.81. The minimum absolute atomic E-state index is 0.0486. The number of nitrogens with one attached hydrogen (secondary N) is 1. The number of alkyl carbamates (subject to hydrolysis) is 1. The Morgan fingerprint density at radius 2 is 1.71 bits per heavy atom. The van der Waals surface area contributed by atoms with Crippen LogP contribution in [0.3, 0.4) is 0 Å². The van der Waals surface area contributed by atoms with E-state index in [4.69, 9.17) is 9.47 Å². The van der Waals surface area contributed by atoms with Crippen molar-refractivity contribution < 1.29 is 29.0 Å². The van der Waals surface area contributed by atoms with E-state index < -0.39 is 36.2 Å². The molecule has 2 heterocycles. The summed E-state index contributed by atoms with van der Waals surface area (Å²) in [7, 11) is 0. The van der Waals surface area contributed by atoms with Crippen LogP contribution in [-0.4, -0.2) is 65.9 Å². The molecule has 0 bridgehead atoms. The minimum Gasteiger partial charge on any atom is -0.481 e. The third-order valence-corrected chi connectivity index (χ3v) is 7.57. The summed E-state index contributed by atoms with van der Waals surface area (Å²) in [6.45, 7) is 2.78. The maximum Gasteiger partial charge on any atom is 0.407 e. The predicted molar refractivity (Wildman–Crippen MR) is 128 cm³/mol. The van der Waals surface area contributed by atoms with Crippen LogP contribution in [-0.2, 0) is 19.1 Å². The number of carbonyl (C=O) groups excluding carboxylic acids is 2. The first kappa shape index (κ1) is 23.4. The van der Waals surface area contributed by atoms with Gasteiger partial charge >= 0.3 is 12.1 Å².